The van der Waals surface area contributed by atoms with Gasteiger partial charge in [-0.15, -0.1) is 10.2 Å². The van der Waals surface area contributed by atoms with Crippen molar-refractivity contribution in [3.63, 3.8) is 0 Å². The maximum absolute atomic E-state index is 13.4. The number of methoxy groups -OCH3 is 2. The van der Waals surface area contributed by atoms with Gasteiger partial charge in [-0.2, -0.15) is 0 Å². The van der Waals surface area contributed by atoms with E-state index in [1.165, 1.54) is 17.8 Å². The van der Waals surface area contributed by atoms with Crippen molar-refractivity contribution in [2.45, 2.75) is 44.6 Å². The van der Waals surface area contributed by atoms with Gasteiger partial charge < -0.3 is 19.7 Å². The van der Waals surface area contributed by atoms with Crippen LogP contribution in [0, 0.1) is 0 Å². The van der Waals surface area contributed by atoms with Crippen molar-refractivity contribution in [1.82, 2.24) is 15.1 Å². The molecule has 1 fully saturated rings. The first-order valence-corrected chi connectivity index (χ1v) is 12.6. The number of hydrogen-bond acceptors (Lipinski definition) is 7. The van der Waals surface area contributed by atoms with Crippen LogP contribution in [0.1, 0.15) is 48.9 Å². The summed E-state index contributed by atoms with van der Waals surface area (Å²) < 4.78 is 10.5. The van der Waals surface area contributed by atoms with E-state index < -0.39 is 0 Å². The lowest BCUT2D eigenvalue weighted by molar-refractivity contribution is -0.116. The topological polar surface area (TPSA) is 93.7 Å². The Morgan fingerprint density at radius 1 is 1.00 bits per heavy atom. The van der Waals surface area contributed by atoms with Crippen LogP contribution in [0.2, 0.25) is 0 Å². The van der Waals surface area contributed by atoms with E-state index in [9.17, 15) is 9.59 Å². The van der Waals surface area contributed by atoms with E-state index in [-0.39, 0.29) is 24.3 Å². The van der Waals surface area contributed by atoms with Gasteiger partial charge in [0.1, 0.15) is 16.5 Å². The Morgan fingerprint density at radius 3 is 2.46 bits per heavy atom. The molecular weight excluding hydrogens is 464 g/mol. The van der Waals surface area contributed by atoms with Gasteiger partial charge in [-0.05, 0) is 55.3 Å². The predicted octanol–water partition coefficient (Wildman–Crippen LogP) is 5.03. The molecule has 0 radical (unpaired) electrons. The van der Waals surface area contributed by atoms with Crippen LogP contribution in [-0.4, -0.2) is 53.7 Å². The van der Waals surface area contributed by atoms with Crippen LogP contribution in [0.15, 0.2) is 48.5 Å². The van der Waals surface area contributed by atoms with E-state index >= 15 is 0 Å². The quantitative estimate of drug-likeness (QED) is 0.449. The molecule has 3 aromatic rings. The lowest BCUT2D eigenvalue weighted by Crippen LogP contribution is -2.43. The van der Waals surface area contributed by atoms with Crippen molar-refractivity contribution < 1.29 is 19.1 Å². The Hall–Kier alpha value is -3.46. The van der Waals surface area contributed by atoms with E-state index in [1.807, 2.05) is 41.3 Å². The number of hydrogen-bond donors (Lipinski definition) is 1. The van der Waals surface area contributed by atoms with Crippen LogP contribution in [-0.2, 0) is 4.79 Å². The molecule has 1 saturated carbocycles. The second-order valence-electron chi connectivity index (χ2n) is 8.46. The Morgan fingerprint density at radius 2 is 1.74 bits per heavy atom. The number of nitrogens with zero attached hydrogens (tertiary/aromatic N) is 3. The number of anilines is 1. The minimum absolute atomic E-state index is 0.0682. The lowest BCUT2D eigenvalue weighted by atomic mass is 9.93. The number of ether oxygens (including phenoxy) is 2. The highest BCUT2D eigenvalue weighted by Gasteiger charge is 2.27. The molecule has 8 nitrogen and oxygen atoms in total. The second-order valence-corrected chi connectivity index (χ2v) is 9.44. The van der Waals surface area contributed by atoms with Crippen LogP contribution in [0.5, 0.6) is 11.5 Å². The zero-order chi connectivity index (χ0) is 24.6. The van der Waals surface area contributed by atoms with E-state index in [0.29, 0.717) is 28.0 Å². The van der Waals surface area contributed by atoms with Gasteiger partial charge in [0.2, 0.25) is 11.0 Å². The molecule has 1 aliphatic carbocycles. The third-order valence-corrected chi connectivity index (χ3v) is 7.07. The fourth-order valence-electron chi connectivity index (χ4n) is 4.29. The van der Waals surface area contributed by atoms with E-state index in [1.54, 1.807) is 26.4 Å². The number of amides is 2. The van der Waals surface area contributed by atoms with Crippen molar-refractivity contribution in [3.8, 4) is 22.1 Å². The van der Waals surface area contributed by atoms with Crippen molar-refractivity contribution in [2.24, 2.45) is 0 Å². The predicted molar refractivity (Wildman–Crippen MR) is 136 cm³/mol. The first-order valence-electron chi connectivity index (χ1n) is 11.8. The molecule has 0 saturated heterocycles. The summed E-state index contributed by atoms with van der Waals surface area (Å²) in [4.78, 5) is 28.0. The monoisotopic (exact) mass is 494 g/mol. The molecule has 1 N–H and O–H groups in total. The molecule has 4 rings (SSSR count). The Bertz CT molecular complexity index is 1140. The minimum atomic E-state index is -0.193. The van der Waals surface area contributed by atoms with Crippen LogP contribution >= 0.6 is 11.3 Å². The van der Waals surface area contributed by atoms with Crippen molar-refractivity contribution >= 4 is 28.3 Å². The Labute approximate surface area is 209 Å². The summed E-state index contributed by atoms with van der Waals surface area (Å²) in [6, 6.07) is 14.8. The molecule has 9 heteroatoms. The normalized spacial score (nSPS) is 13.8. The third kappa shape index (κ3) is 6.36. The number of carbonyl (C=O) groups excluding carboxylic acids is 2. The van der Waals surface area contributed by atoms with Crippen LogP contribution in [0.3, 0.4) is 0 Å². The maximum atomic E-state index is 13.4. The zero-order valence-corrected chi connectivity index (χ0v) is 20.8. The van der Waals surface area contributed by atoms with Gasteiger partial charge in [0.05, 0.1) is 14.2 Å². The molecule has 0 bridgehead atoms. The van der Waals surface area contributed by atoms with E-state index in [4.69, 9.17) is 9.47 Å². The molecule has 1 aromatic heterocycles. The molecule has 1 aliphatic rings. The van der Waals surface area contributed by atoms with Gasteiger partial charge in [-0.1, -0.05) is 36.7 Å². The van der Waals surface area contributed by atoms with Crippen LogP contribution < -0.4 is 14.8 Å². The van der Waals surface area contributed by atoms with Gasteiger partial charge in [0.15, 0.2) is 0 Å². The van der Waals surface area contributed by atoms with E-state index in [0.717, 1.165) is 37.0 Å². The molecule has 2 amide bonds. The largest absolute Gasteiger partial charge is 0.497 e. The summed E-state index contributed by atoms with van der Waals surface area (Å²) >= 11 is 1.31. The standard InChI is InChI=1S/C26H30N4O4S/c1-33-21-13-11-18(12-14-21)24-28-29-26(35-24)27-23(31)15-16-30(20-8-4-3-5-9-20)25(32)19-7-6-10-22(17-19)34-2/h6-7,10-14,17,20H,3-5,8-9,15-16H2,1-2H3,(H,27,29,31). The third-order valence-electron chi connectivity index (χ3n) is 6.18. The molecule has 0 aliphatic heterocycles. The Kier molecular flexibility index (Phi) is 8.31. The van der Waals surface area contributed by atoms with Gasteiger partial charge >= 0.3 is 0 Å². The number of carbonyl (C=O) groups is 2. The van der Waals surface area contributed by atoms with Gasteiger partial charge in [-0.25, -0.2) is 0 Å². The van der Waals surface area contributed by atoms with E-state index in [2.05, 4.69) is 15.5 Å². The number of rotatable bonds is 9. The molecule has 1 heterocycles. The summed E-state index contributed by atoms with van der Waals surface area (Å²) in [6.07, 6.45) is 5.47. The fourth-order valence-corrected chi connectivity index (χ4v) is 5.06. The molecule has 35 heavy (non-hydrogen) atoms. The molecule has 184 valence electrons. The fraction of sp³-hybridized carbons (Fsp3) is 0.385. The highest BCUT2D eigenvalue weighted by Crippen LogP contribution is 2.28. The van der Waals surface area contributed by atoms with Gasteiger partial charge in [0.25, 0.3) is 5.91 Å². The van der Waals surface area contributed by atoms with Crippen molar-refractivity contribution in [2.75, 3.05) is 26.1 Å². The van der Waals surface area contributed by atoms with Gasteiger partial charge in [0, 0.05) is 30.1 Å². The number of aromatic nitrogens is 2. The first kappa shape index (κ1) is 24.7. The van der Waals surface area contributed by atoms with Crippen molar-refractivity contribution in [3.05, 3.63) is 54.1 Å². The molecule has 0 atom stereocenters. The summed E-state index contributed by atoms with van der Waals surface area (Å²) in [5.41, 5.74) is 1.47. The van der Waals surface area contributed by atoms with Crippen molar-refractivity contribution in [1.29, 1.82) is 0 Å². The minimum Gasteiger partial charge on any atom is -0.497 e. The molecule has 0 spiro atoms. The zero-order valence-electron chi connectivity index (χ0n) is 20.0. The summed E-state index contributed by atoms with van der Waals surface area (Å²) in [5.74, 6) is 1.14. The molecule has 2 aromatic carbocycles. The average molecular weight is 495 g/mol. The highest BCUT2D eigenvalue weighted by atomic mass is 32.1. The number of benzene rings is 2. The smallest absolute Gasteiger partial charge is 0.254 e. The first-order chi connectivity index (χ1) is 17.1. The summed E-state index contributed by atoms with van der Waals surface area (Å²) in [6.45, 7) is 0.344. The molecule has 0 unspecified atom stereocenters. The number of nitrogens with one attached hydrogen (secondary N) is 1. The van der Waals surface area contributed by atoms with Crippen LogP contribution in [0.4, 0.5) is 5.13 Å². The van der Waals surface area contributed by atoms with Gasteiger partial charge in [-0.3, -0.25) is 9.59 Å². The van der Waals surface area contributed by atoms with Crippen LogP contribution in [0.25, 0.3) is 10.6 Å². The second kappa shape index (κ2) is 11.8. The summed E-state index contributed by atoms with van der Waals surface area (Å²) in [7, 11) is 3.20. The lowest BCUT2D eigenvalue weighted by Gasteiger charge is -2.34. The Balaban J connectivity index is 1.40. The molecular formula is C26H30N4O4S. The maximum Gasteiger partial charge on any atom is 0.254 e. The summed E-state index contributed by atoms with van der Waals surface area (Å²) in [5, 5.41) is 12.3. The average Bonchev–Trinajstić information content (AvgIpc) is 3.37. The highest BCUT2D eigenvalue weighted by molar-refractivity contribution is 7.18. The SMILES string of the molecule is COc1ccc(-c2nnc(NC(=O)CCN(C(=O)c3cccc(OC)c3)C3CCCCC3)s2)cc1.